The van der Waals surface area contributed by atoms with Crippen LogP contribution in [-0.2, 0) is 4.74 Å². The Bertz CT molecular complexity index is 480. The maximum atomic E-state index is 11.6. The summed E-state index contributed by atoms with van der Waals surface area (Å²) >= 11 is 0. The summed E-state index contributed by atoms with van der Waals surface area (Å²) in [5, 5.41) is 0. The van der Waals surface area contributed by atoms with Crippen LogP contribution >= 0.6 is 0 Å². The minimum Gasteiger partial charge on any atom is -0.465 e. The summed E-state index contributed by atoms with van der Waals surface area (Å²) in [7, 11) is 1.38. The third-order valence-electron chi connectivity index (χ3n) is 4.08. The standard InChI is InChI=1S/C15H23N3O2/c1-10(16)12-6-8-18(9-7-12)14-5-4-13(11(2)17-14)15(19)20-3/h4-5,10,12H,6-9,16H2,1-3H3. The summed E-state index contributed by atoms with van der Waals surface area (Å²) in [6.07, 6.45) is 2.19. The monoisotopic (exact) mass is 277 g/mol. The van der Waals surface area contributed by atoms with Crippen LogP contribution in [0.1, 0.15) is 35.8 Å². The number of carbonyl (C=O) groups excluding carboxylic acids is 1. The highest BCUT2D eigenvalue weighted by atomic mass is 16.5. The van der Waals surface area contributed by atoms with Crippen molar-refractivity contribution in [2.75, 3.05) is 25.1 Å². The van der Waals surface area contributed by atoms with Gasteiger partial charge in [0.15, 0.2) is 0 Å². The van der Waals surface area contributed by atoms with E-state index in [1.54, 1.807) is 6.07 Å². The molecular weight excluding hydrogens is 254 g/mol. The van der Waals surface area contributed by atoms with Gasteiger partial charge >= 0.3 is 5.97 Å². The zero-order valence-electron chi connectivity index (χ0n) is 12.4. The van der Waals surface area contributed by atoms with Crippen LogP contribution < -0.4 is 10.6 Å². The molecule has 0 amide bonds. The maximum Gasteiger partial charge on any atom is 0.339 e. The van der Waals surface area contributed by atoms with Crippen LogP contribution in [0.5, 0.6) is 0 Å². The van der Waals surface area contributed by atoms with Crippen LogP contribution in [-0.4, -0.2) is 37.2 Å². The van der Waals surface area contributed by atoms with Crippen molar-refractivity contribution in [1.29, 1.82) is 0 Å². The Morgan fingerprint density at radius 3 is 2.60 bits per heavy atom. The number of hydrogen-bond donors (Lipinski definition) is 1. The summed E-state index contributed by atoms with van der Waals surface area (Å²) in [6, 6.07) is 3.95. The van der Waals surface area contributed by atoms with E-state index in [2.05, 4.69) is 16.8 Å². The lowest BCUT2D eigenvalue weighted by atomic mass is 9.91. The molecule has 1 unspecified atom stereocenters. The number of hydrogen-bond acceptors (Lipinski definition) is 5. The number of ether oxygens (including phenoxy) is 1. The van der Waals surface area contributed by atoms with Crippen LogP contribution in [0.3, 0.4) is 0 Å². The zero-order chi connectivity index (χ0) is 14.7. The summed E-state index contributed by atoms with van der Waals surface area (Å²) in [6.45, 7) is 5.85. The molecule has 0 saturated carbocycles. The van der Waals surface area contributed by atoms with Gasteiger partial charge in [-0.05, 0) is 44.7 Å². The van der Waals surface area contributed by atoms with Crippen LogP contribution in [0, 0.1) is 12.8 Å². The fourth-order valence-electron chi connectivity index (χ4n) is 2.70. The predicted molar refractivity (Wildman–Crippen MR) is 78.9 cm³/mol. The van der Waals surface area contributed by atoms with Gasteiger partial charge in [0, 0.05) is 19.1 Å². The molecule has 2 rings (SSSR count). The number of pyridine rings is 1. The summed E-state index contributed by atoms with van der Waals surface area (Å²) < 4.78 is 4.74. The molecule has 1 aliphatic heterocycles. The van der Waals surface area contributed by atoms with Gasteiger partial charge in [-0.1, -0.05) is 0 Å². The molecule has 1 aliphatic rings. The second kappa shape index (κ2) is 6.22. The number of carbonyl (C=O) groups is 1. The lowest BCUT2D eigenvalue weighted by molar-refractivity contribution is 0.0599. The fourth-order valence-corrected chi connectivity index (χ4v) is 2.70. The smallest absolute Gasteiger partial charge is 0.339 e. The van der Waals surface area contributed by atoms with Gasteiger partial charge in [-0.3, -0.25) is 0 Å². The molecule has 2 N–H and O–H groups in total. The number of aryl methyl sites for hydroxylation is 1. The predicted octanol–water partition coefficient (Wildman–Crippen LogP) is 1.74. The molecule has 1 aromatic heterocycles. The van der Waals surface area contributed by atoms with Gasteiger partial charge in [0.2, 0.25) is 0 Å². The highest BCUT2D eigenvalue weighted by Crippen LogP contribution is 2.24. The molecule has 1 fully saturated rings. The summed E-state index contributed by atoms with van der Waals surface area (Å²) in [5.74, 6) is 1.19. The molecule has 0 aliphatic carbocycles. The van der Waals surface area contributed by atoms with Gasteiger partial charge in [-0.15, -0.1) is 0 Å². The van der Waals surface area contributed by atoms with Crippen LogP contribution in [0.4, 0.5) is 5.82 Å². The third kappa shape index (κ3) is 3.10. The SMILES string of the molecule is COC(=O)c1ccc(N2CCC(C(C)N)CC2)nc1C. The van der Waals surface area contributed by atoms with Crippen molar-refractivity contribution in [3.63, 3.8) is 0 Å². The van der Waals surface area contributed by atoms with Crippen LogP contribution in [0.15, 0.2) is 12.1 Å². The first-order valence-electron chi connectivity index (χ1n) is 7.09. The lowest BCUT2D eigenvalue weighted by Crippen LogP contribution is -2.40. The lowest BCUT2D eigenvalue weighted by Gasteiger charge is -2.34. The summed E-state index contributed by atoms with van der Waals surface area (Å²) in [5.41, 5.74) is 7.20. The first-order chi connectivity index (χ1) is 9.52. The van der Waals surface area contributed by atoms with E-state index in [4.69, 9.17) is 10.5 Å². The van der Waals surface area contributed by atoms with E-state index in [1.807, 2.05) is 13.0 Å². The highest BCUT2D eigenvalue weighted by Gasteiger charge is 2.23. The molecule has 0 radical (unpaired) electrons. The average molecular weight is 277 g/mol. The number of aromatic nitrogens is 1. The number of nitrogens with two attached hydrogens (primary N) is 1. The molecule has 110 valence electrons. The first-order valence-corrected chi connectivity index (χ1v) is 7.09. The van der Waals surface area contributed by atoms with E-state index in [9.17, 15) is 4.79 Å². The number of anilines is 1. The largest absolute Gasteiger partial charge is 0.465 e. The van der Waals surface area contributed by atoms with Gasteiger partial charge in [0.1, 0.15) is 5.82 Å². The Morgan fingerprint density at radius 1 is 1.45 bits per heavy atom. The number of methoxy groups -OCH3 is 1. The van der Waals surface area contributed by atoms with Crippen molar-refractivity contribution < 1.29 is 9.53 Å². The third-order valence-corrected chi connectivity index (χ3v) is 4.08. The molecule has 0 spiro atoms. The zero-order valence-corrected chi connectivity index (χ0v) is 12.4. The van der Waals surface area contributed by atoms with Crippen molar-refractivity contribution in [2.24, 2.45) is 11.7 Å². The van der Waals surface area contributed by atoms with E-state index in [-0.39, 0.29) is 12.0 Å². The van der Waals surface area contributed by atoms with E-state index in [1.165, 1.54) is 7.11 Å². The van der Waals surface area contributed by atoms with Gasteiger partial charge in [-0.25, -0.2) is 9.78 Å². The second-order valence-electron chi connectivity index (χ2n) is 5.48. The topological polar surface area (TPSA) is 68.5 Å². The number of esters is 1. The van der Waals surface area contributed by atoms with Gasteiger partial charge < -0.3 is 15.4 Å². The van der Waals surface area contributed by atoms with E-state index >= 15 is 0 Å². The molecule has 2 heterocycles. The highest BCUT2D eigenvalue weighted by molar-refractivity contribution is 5.90. The number of rotatable bonds is 3. The second-order valence-corrected chi connectivity index (χ2v) is 5.48. The molecule has 0 aromatic carbocycles. The molecule has 0 bridgehead atoms. The number of nitrogens with zero attached hydrogens (tertiary/aromatic N) is 2. The number of piperidine rings is 1. The average Bonchev–Trinajstić information content (AvgIpc) is 2.46. The van der Waals surface area contributed by atoms with Crippen molar-refractivity contribution in [1.82, 2.24) is 4.98 Å². The first kappa shape index (κ1) is 14.8. The van der Waals surface area contributed by atoms with Crippen molar-refractivity contribution in [3.05, 3.63) is 23.4 Å². The summed E-state index contributed by atoms with van der Waals surface area (Å²) in [4.78, 5) is 18.3. The fraction of sp³-hybridized carbons (Fsp3) is 0.600. The van der Waals surface area contributed by atoms with Gasteiger partial charge in [0.05, 0.1) is 18.4 Å². The minimum absolute atomic E-state index is 0.258. The molecule has 1 atom stereocenters. The Hall–Kier alpha value is -1.62. The van der Waals surface area contributed by atoms with Gasteiger partial charge in [0.25, 0.3) is 0 Å². The Morgan fingerprint density at radius 2 is 2.10 bits per heavy atom. The van der Waals surface area contributed by atoms with Crippen LogP contribution in [0.2, 0.25) is 0 Å². The van der Waals surface area contributed by atoms with Crippen molar-refractivity contribution >= 4 is 11.8 Å². The molecule has 1 saturated heterocycles. The molecule has 20 heavy (non-hydrogen) atoms. The van der Waals surface area contributed by atoms with E-state index < -0.39 is 0 Å². The Balaban J connectivity index is 2.08. The Kier molecular flexibility index (Phi) is 4.60. The molecule has 5 nitrogen and oxygen atoms in total. The Labute approximate surface area is 120 Å². The normalized spacial score (nSPS) is 17.9. The van der Waals surface area contributed by atoms with E-state index in [0.29, 0.717) is 17.2 Å². The molecule has 5 heteroatoms. The maximum absolute atomic E-state index is 11.6. The van der Waals surface area contributed by atoms with Crippen molar-refractivity contribution in [2.45, 2.75) is 32.7 Å². The molecule has 1 aromatic rings. The van der Waals surface area contributed by atoms with Crippen LogP contribution in [0.25, 0.3) is 0 Å². The quantitative estimate of drug-likeness (QED) is 0.852. The minimum atomic E-state index is -0.336. The van der Waals surface area contributed by atoms with E-state index in [0.717, 1.165) is 31.7 Å². The van der Waals surface area contributed by atoms with Crippen molar-refractivity contribution in [3.8, 4) is 0 Å². The molecular formula is C15H23N3O2. The van der Waals surface area contributed by atoms with Gasteiger partial charge in [-0.2, -0.15) is 0 Å².